The van der Waals surface area contributed by atoms with Crippen molar-refractivity contribution in [2.75, 3.05) is 26.9 Å². The molecule has 1 unspecified atom stereocenters. The molecule has 0 aromatic heterocycles. The van der Waals surface area contributed by atoms with Crippen molar-refractivity contribution in [2.24, 2.45) is 0 Å². The highest BCUT2D eigenvalue weighted by Crippen LogP contribution is 1.96. The minimum Gasteiger partial charge on any atom is -0.396 e. The van der Waals surface area contributed by atoms with Crippen LogP contribution in [0.25, 0.3) is 0 Å². The molecule has 0 saturated carbocycles. The first-order valence-electron chi connectivity index (χ1n) is 5.07. The van der Waals surface area contributed by atoms with E-state index in [1.54, 1.807) is 14.0 Å². The first kappa shape index (κ1) is 16.3. The second-order valence-electron chi connectivity index (χ2n) is 3.17. The second-order valence-corrected chi connectivity index (χ2v) is 3.17. The van der Waals surface area contributed by atoms with Gasteiger partial charge in [-0.15, -0.1) is 0 Å². The van der Waals surface area contributed by atoms with Crippen LogP contribution < -0.4 is 0 Å². The van der Waals surface area contributed by atoms with E-state index < -0.39 is 0 Å². The number of rotatable bonds is 7. The largest absolute Gasteiger partial charge is 0.396 e. The molecular weight excluding hydrogens is 184 g/mol. The Bertz CT molecular complexity index is 80.2. The fourth-order valence-electron chi connectivity index (χ4n) is 0.818. The molecule has 0 aliphatic rings. The van der Waals surface area contributed by atoms with Crippen LogP contribution in [-0.2, 0) is 4.74 Å². The van der Waals surface area contributed by atoms with E-state index in [9.17, 15) is 0 Å². The summed E-state index contributed by atoms with van der Waals surface area (Å²) >= 11 is 0. The monoisotopic (exact) mass is 208 g/mol. The molecule has 0 aromatic rings. The van der Waals surface area contributed by atoms with Crippen molar-refractivity contribution in [3.05, 3.63) is 0 Å². The summed E-state index contributed by atoms with van der Waals surface area (Å²) in [6.45, 7) is 2.68. The maximum atomic E-state index is 8.43. The van der Waals surface area contributed by atoms with Crippen LogP contribution in [0.1, 0.15) is 32.6 Å². The third-order valence-electron chi connectivity index (χ3n) is 1.47. The van der Waals surface area contributed by atoms with E-state index in [2.05, 4.69) is 4.74 Å². The van der Waals surface area contributed by atoms with Gasteiger partial charge in [-0.1, -0.05) is 12.8 Å². The van der Waals surface area contributed by atoms with Gasteiger partial charge in [0.05, 0.1) is 12.7 Å². The van der Waals surface area contributed by atoms with Gasteiger partial charge in [0, 0.05) is 20.3 Å². The van der Waals surface area contributed by atoms with Crippen LogP contribution in [0.2, 0.25) is 0 Å². The third kappa shape index (κ3) is 22.6. The molecule has 4 nitrogen and oxygen atoms in total. The average molecular weight is 208 g/mol. The van der Waals surface area contributed by atoms with Crippen LogP contribution in [0.4, 0.5) is 0 Å². The van der Waals surface area contributed by atoms with Crippen LogP contribution in [0.5, 0.6) is 0 Å². The van der Waals surface area contributed by atoms with Gasteiger partial charge in [0.2, 0.25) is 0 Å². The minimum atomic E-state index is -0.324. The van der Waals surface area contributed by atoms with Crippen molar-refractivity contribution in [2.45, 2.75) is 38.7 Å². The van der Waals surface area contributed by atoms with E-state index in [0.717, 1.165) is 25.7 Å². The Labute approximate surface area is 86.5 Å². The molecule has 1 atom stereocenters. The third-order valence-corrected chi connectivity index (χ3v) is 1.47. The predicted molar refractivity (Wildman–Crippen MR) is 56.2 cm³/mol. The Morgan fingerprint density at radius 1 is 1.00 bits per heavy atom. The van der Waals surface area contributed by atoms with Crippen molar-refractivity contribution >= 4 is 0 Å². The molecule has 0 heterocycles. The van der Waals surface area contributed by atoms with Crippen molar-refractivity contribution in [3.63, 3.8) is 0 Å². The van der Waals surface area contributed by atoms with Gasteiger partial charge < -0.3 is 20.1 Å². The Morgan fingerprint density at radius 2 is 1.43 bits per heavy atom. The number of aliphatic hydroxyl groups is 3. The molecule has 88 valence electrons. The average Bonchev–Trinajstić information content (AvgIpc) is 2.13. The molecule has 3 N–H and O–H groups in total. The van der Waals surface area contributed by atoms with Gasteiger partial charge >= 0.3 is 0 Å². The summed E-state index contributed by atoms with van der Waals surface area (Å²) in [7, 11) is 1.56. The maximum Gasteiger partial charge on any atom is 0.0745 e. The van der Waals surface area contributed by atoms with Crippen molar-refractivity contribution in [3.8, 4) is 0 Å². The Morgan fingerprint density at radius 3 is 1.57 bits per heavy atom. The lowest BCUT2D eigenvalue weighted by atomic mass is 10.2. The normalized spacial score (nSPS) is 11.8. The highest BCUT2D eigenvalue weighted by Gasteiger charge is 1.87. The van der Waals surface area contributed by atoms with E-state index in [0.29, 0.717) is 6.61 Å². The van der Waals surface area contributed by atoms with E-state index in [1.807, 2.05) is 0 Å². The van der Waals surface area contributed by atoms with Gasteiger partial charge in [0.1, 0.15) is 0 Å². The number of hydrogen-bond donors (Lipinski definition) is 3. The van der Waals surface area contributed by atoms with Crippen molar-refractivity contribution in [1.29, 1.82) is 0 Å². The zero-order valence-electron chi connectivity index (χ0n) is 9.28. The van der Waals surface area contributed by atoms with Gasteiger partial charge in [0.15, 0.2) is 0 Å². The summed E-state index contributed by atoms with van der Waals surface area (Å²) in [6.07, 6.45) is 3.50. The van der Waals surface area contributed by atoms with Gasteiger partial charge in [-0.05, 0) is 19.8 Å². The number of ether oxygens (including phenoxy) is 1. The summed E-state index contributed by atoms with van der Waals surface area (Å²) in [5, 5.41) is 25.0. The molecular formula is C10H24O4. The molecule has 0 bridgehead atoms. The lowest BCUT2D eigenvalue weighted by Crippen LogP contribution is -2.07. The van der Waals surface area contributed by atoms with Crippen LogP contribution in [0.3, 0.4) is 0 Å². The highest BCUT2D eigenvalue weighted by atomic mass is 16.5. The number of unbranched alkanes of at least 4 members (excludes halogenated alkanes) is 3. The van der Waals surface area contributed by atoms with Crippen molar-refractivity contribution in [1.82, 2.24) is 0 Å². The molecule has 0 saturated heterocycles. The van der Waals surface area contributed by atoms with Gasteiger partial charge in [-0.2, -0.15) is 0 Å². The lowest BCUT2D eigenvalue weighted by Gasteiger charge is -1.97. The van der Waals surface area contributed by atoms with Gasteiger partial charge in [-0.3, -0.25) is 0 Å². The first-order chi connectivity index (χ1) is 6.68. The summed E-state index contributed by atoms with van der Waals surface area (Å²) < 4.78 is 4.55. The van der Waals surface area contributed by atoms with Crippen LogP contribution >= 0.6 is 0 Å². The molecule has 14 heavy (non-hydrogen) atoms. The van der Waals surface area contributed by atoms with E-state index in [4.69, 9.17) is 15.3 Å². The Kier molecular flexibility index (Phi) is 17.8. The molecule has 0 aromatic carbocycles. The van der Waals surface area contributed by atoms with Crippen LogP contribution in [0, 0.1) is 0 Å². The molecule has 0 rings (SSSR count). The Balaban J connectivity index is 0. The summed E-state index contributed by atoms with van der Waals surface area (Å²) in [6, 6.07) is 0. The topological polar surface area (TPSA) is 69.9 Å². The molecule has 4 heteroatoms. The first-order valence-corrected chi connectivity index (χ1v) is 5.07. The number of hydrogen-bond acceptors (Lipinski definition) is 4. The summed E-state index contributed by atoms with van der Waals surface area (Å²) in [5.74, 6) is 0. The van der Waals surface area contributed by atoms with Crippen LogP contribution in [-0.4, -0.2) is 48.4 Å². The van der Waals surface area contributed by atoms with E-state index in [-0.39, 0.29) is 19.3 Å². The fourth-order valence-corrected chi connectivity index (χ4v) is 0.818. The molecule has 0 amide bonds. The lowest BCUT2D eigenvalue weighted by molar-refractivity contribution is 0.0765. The SMILES string of the molecule is COCC(C)O.OCCCCCCO. The molecule has 0 aliphatic heterocycles. The number of methoxy groups -OCH3 is 1. The maximum absolute atomic E-state index is 8.43. The predicted octanol–water partition coefficient (Wildman–Crippen LogP) is 0.545. The summed E-state index contributed by atoms with van der Waals surface area (Å²) in [5.41, 5.74) is 0. The molecule has 0 radical (unpaired) electrons. The molecule has 0 spiro atoms. The van der Waals surface area contributed by atoms with Gasteiger partial charge in [-0.25, -0.2) is 0 Å². The quantitative estimate of drug-likeness (QED) is 0.534. The zero-order valence-corrected chi connectivity index (χ0v) is 9.28. The molecule has 0 aliphatic carbocycles. The number of aliphatic hydroxyl groups excluding tert-OH is 3. The van der Waals surface area contributed by atoms with E-state index in [1.165, 1.54) is 0 Å². The second kappa shape index (κ2) is 15.3. The smallest absolute Gasteiger partial charge is 0.0745 e. The van der Waals surface area contributed by atoms with Crippen molar-refractivity contribution < 1.29 is 20.1 Å². The van der Waals surface area contributed by atoms with E-state index >= 15 is 0 Å². The fraction of sp³-hybridized carbons (Fsp3) is 1.00. The standard InChI is InChI=1S/C6H14O2.C4H10O2/c7-5-3-1-2-4-6-8;1-4(5)3-6-2/h7-8H,1-6H2;4-5H,3H2,1-2H3. The highest BCUT2D eigenvalue weighted by molar-refractivity contribution is 4.39. The van der Waals surface area contributed by atoms with Crippen LogP contribution in [0.15, 0.2) is 0 Å². The Hall–Kier alpha value is -0.160. The van der Waals surface area contributed by atoms with Gasteiger partial charge in [0.25, 0.3) is 0 Å². The zero-order chi connectivity index (χ0) is 11.2. The minimum absolute atomic E-state index is 0.283. The summed E-state index contributed by atoms with van der Waals surface area (Å²) in [4.78, 5) is 0. The molecule has 0 fully saturated rings.